The molecule has 2 aromatic rings. The fraction of sp³-hybridized carbons (Fsp3) is 0.333. The molecule has 106 valence electrons. The summed E-state index contributed by atoms with van der Waals surface area (Å²) in [4.78, 5) is 8.82. The monoisotopic (exact) mass is 292 g/mol. The summed E-state index contributed by atoms with van der Waals surface area (Å²) in [6.45, 7) is 6.28. The van der Waals surface area contributed by atoms with E-state index in [4.69, 9.17) is 16.3 Å². The highest BCUT2D eigenvalue weighted by Gasteiger charge is 2.12. The van der Waals surface area contributed by atoms with Crippen molar-refractivity contribution in [3.63, 3.8) is 0 Å². The number of aryl methyl sites for hydroxylation is 1. The molecule has 0 unspecified atom stereocenters. The lowest BCUT2D eigenvalue weighted by molar-refractivity contribution is 0.318. The second-order valence-corrected chi connectivity index (χ2v) is 4.74. The third-order valence-electron chi connectivity index (χ3n) is 3.04. The number of aromatic hydroxyl groups is 1. The molecule has 4 nitrogen and oxygen atoms in total. The highest BCUT2D eigenvalue weighted by molar-refractivity contribution is 6.30. The maximum Gasteiger partial charge on any atom is 0.161 e. The van der Waals surface area contributed by atoms with Crippen LogP contribution in [-0.4, -0.2) is 21.7 Å². The van der Waals surface area contributed by atoms with Crippen molar-refractivity contribution in [3.8, 4) is 22.9 Å². The third kappa shape index (κ3) is 2.85. The first-order chi connectivity index (χ1) is 9.56. The number of phenolic OH excluding ortho intramolecular Hbond substituents is 1. The average Bonchev–Trinajstić information content (AvgIpc) is 2.44. The van der Waals surface area contributed by atoms with Gasteiger partial charge in [0.2, 0.25) is 0 Å². The zero-order valence-electron chi connectivity index (χ0n) is 11.8. The van der Waals surface area contributed by atoms with Gasteiger partial charge in [0.1, 0.15) is 5.15 Å². The van der Waals surface area contributed by atoms with Gasteiger partial charge in [0, 0.05) is 16.8 Å². The maximum atomic E-state index is 9.72. The summed E-state index contributed by atoms with van der Waals surface area (Å²) in [5.74, 6) is 1.06. The lowest BCUT2D eigenvalue weighted by Crippen LogP contribution is -2.00. The third-order valence-corrected chi connectivity index (χ3v) is 3.41. The van der Waals surface area contributed by atoms with Crippen molar-refractivity contribution in [1.29, 1.82) is 0 Å². The first kappa shape index (κ1) is 14.6. The van der Waals surface area contributed by atoms with Crippen LogP contribution in [0.3, 0.4) is 0 Å². The van der Waals surface area contributed by atoms with Crippen LogP contribution in [0.2, 0.25) is 5.15 Å². The quantitative estimate of drug-likeness (QED) is 0.872. The number of rotatable bonds is 4. The summed E-state index contributed by atoms with van der Waals surface area (Å²) in [6.07, 6.45) is 0.789. The zero-order valence-corrected chi connectivity index (χ0v) is 12.5. The molecule has 0 spiro atoms. The minimum Gasteiger partial charge on any atom is -0.504 e. The number of aromatic nitrogens is 2. The summed E-state index contributed by atoms with van der Waals surface area (Å²) in [5.41, 5.74) is 2.59. The Morgan fingerprint density at radius 2 is 2.00 bits per heavy atom. The lowest BCUT2D eigenvalue weighted by Gasteiger charge is -2.10. The van der Waals surface area contributed by atoms with E-state index in [2.05, 4.69) is 9.97 Å². The molecule has 1 heterocycles. The largest absolute Gasteiger partial charge is 0.504 e. The molecule has 5 heteroatoms. The van der Waals surface area contributed by atoms with Crippen LogP contribution in [-0.2, 0) is 6.42 Å². The molecule has 0 saturated carbocycles. The first-order valence-electron chi connectivity index (χ1n) is 6.56. The minimum absolute atomic E-state index is 0.101. The molecule has 20 heavy (non-hydrogen) atoms. The van der Waals surface area contributed by atoms with E-state index >= 15 is 0 Å². The fourth-order valence-corrected chi connectivity index (χ4v) is 2.12. The van der Waals surface area contributed by atoms with Crippen LogP contribution >= 0.6 is 11.6 Å². The summed E-state index contributed by atoms with van der Waals surface area (Å²) in [7, 11) is 0. The van der Waals surface area contributed by atoms with Crippen molar-refractivity contribution in [2.45, 2.75) is 27.2 Å². The number of phenols is 1. The SMILES string of the molecule is CCOc1cc(-c2nc(Cl)c(C)c(CC)n2)ccc1O. The molecule has 0 aliphatic rings. The van der Waals surface area contributed by atoms with E-state index in [0.29, 0.717) is 23.3 Å². The van der Waals surface area contributed by atoms with Crippen LogP contribution < -0.4 is 4.74 Å². The number of benzene rings is 1. The van der Waals surface area contributed by atoms with Gasteiger partial charge in [0.25, 0.3) is 0 Å². The molecule has 1 aromatic carbocycles. The second kappa shape index (κ2) is 6.09. The van der Waals surface area contributed by atoms with Crippen LogP contribution in [0.1, 0.15) is 25.1 Å². The van der Waals surface area contributed by atoms with Crippen molar-refractivity contribution < 1.29 is 9.84 Å². The molecular weight excluding hydrogens is 276 g/mol. The molecule has 0 atom stereocenters. The molecule has 1 N–H and O–H groups in total. The van der Waals surface area contributed by atoms with E-state index in [9.17, 15) is 5.11 Å². The molecule has 0 bridgehead atoms. The lowest BCUT2D eigenvalue weighted by atomic mass is 10.1. The van der Waals surface area contributed by atoms with E-state index < -0.39 is 0 Å². The van der Waals surface area contributed by atoms with Gasteiger partial charge in [-0.15, -0.1) is 0 Å². The second-order valence-electron chi connectivity index (χ2n) is 4.38. The predicted molar refractivity (Wildman–Crippen MR) is 79.4 cm³/mol. The molecule has 2 rings (SSSR count). The van der Waals surface area contributed by atoms with Gasteiger partial charge >= 0.3 is 0 Å². The molecule has 0 amide bonds. The first-order valence-corrected chi connectivity index (χ1v) is 6.93. The highest BCUT2D eigenvalue weighted by atomic mass is 35.5. The maximum absolute atomic E-state index is 9.72. The fourth-order valence-electron chi connectivity index (χ4n) is 1.93. The van der Waals surface area contributed by atoms with E-state index in [1.165, 1.54) is 0 Å². The Balaban J connectivity index is 2.51. The van der Waals surface area contributed by atoms with Crippen LogP contribution in [0.15, 0.2) is 18.2 Å². The van der Waals surface area contributed by atoms with Gasteiger partial charge in [-0.3, -0.25) is 0 Å². The van der Waals surface area contributed by atoms with E-state index in [-0.39, 0.29) is 5.75 Å². The van der Waals surface area contributed by atoms with Crippen LogP contribution in [0.25, 0.3) is 11.4 Å². The Morgan fingerprint density at radius 1 is 1.25 bits per heavy atom. The van der Waals surface area contributed by atoms with Gasteiger partial charge in [0.15, 0.2) is 17.3 Å². The summed E-state index contributed by atoms with van der Waals surface area (Å²) < 4.78 is 5.37. The van der Waals surface area contributed by atoms with Crippen molar-refractivity contribution in [2.75, 3.05) is 6.61 Å². The van der Waals surface area contributed by atoms with E-state index in [1.807, 2.05) is 20.8 Å². The Hall–Kier alpha value is -1.81. The van der Waals surface area contributed by atoms with Gasteiger partial charge in [-0.1, -0.05) is 18.5 Å². The zero-order chi connectivity index (χ0) is 14.7. The van der Waals surface area contributed by atoms with Gasteiger partial charge in [0.05, 0.1) is 6.61 Å². The van der Waals surface area contributed by atoms with E-state index in [1.54, 1.807) is 18.2 Å². The number of nitrogens with zero attached hydrogens (tertiary/aromatic N) is 2. The average molecular weight is 293 g/mol. The van der Waals surface area contributed by atoms with Crippen molar-refractivity contribution in [3.05, 3.63) is 34.6 Å². The Morgan fingerprint density at radius 3 is 2.65 bits per heavy atom. The summed E-state index contributed by atoms with van der Waals surface area (Å²) >= 11 is 6.15. The Kier molecular flexibility index (Phi) is 4.45. The van der Waals surface area contributed by atoms with E-state index in [0.717, 1.165) is 23.2 Å². The number of hydrogen-bond acceptors (Lipinski definition) is 4. The van der Waals surface area contributed by atoms with Crippen molar-refractivity contribution in [1.82, 2.24) is 9.97 Å². The molecule has 0 radical (unpaired) electrons. The summed E-state index contributed by atoms with van der Waals surface area (Å²) in [6, 6.07) is 5.04. The molecule has 0 fully saturated rings. The van der Waals surface area contributed by atoms with Crippen molar-refractivity contribution >= 4 is 11.6 Å². The van der Waals surface area contributed by atoms with Gasteiger partial charge < -0.3 is 9.84 Å². The van der Waals surface area contributed by atoms with Gasteiger partial charge in [-0.25, -0.2) is 9.97 Å². The number of ether oxygens (including phenoxy) is 1. The Labute approximate surface area is 123 Å². The normalized spacial score (nSPS) is 10.6. The number of hydrogen-bond donors (Lipinski definition) is 1. The molecule has 0 saturated heterocycles. The van der Waals surface area contributed by atoms with Crippen LogP contribution in [0, 0.1) is 6.92 Å². The van der Waals surface area contributed by atoms with Crippen molar-refractivity contribution in [2.24, 2.45) is 0 Å². The standard InChI is InChI=1S/C15H17ClN2O2/c1-4-11-9(3)14(16)18-15(17-11)10-6-7-12(19)13(8-10)20-5-2/h6-8,19H,4-5H2,1-3H3. The smallest absolute Gasteiger partial charge is 0.161 e. The molecule has 1 aromatic heterocycles. The highest BCUT2D eigenvalue weighted by Crippen LogP contribution is 2.31. The molecule has 0 aliphatic heterocycles. The number of halogens is 1. The van der Waals surface area contributed by atoms with Gasteiger partial charge in [-0.2, -0.15) is 0 Å². The van der Waals surface area contributed by atoms with Crippen LogP contribution in [0.5, 0.6) is 11.5 Å². The molecule has 0 aliphatic carbocycles. The van der Waals surface area contributed by atoms with Gasteiger partial charge in [-0.05, 0) is 38.5 Å². The predicted octanol–water partition coefficient (Wildman–Crippen LogP) is 3.77. The topological polar surface area (TPSA) is 55.2 Å². The molecular formula is C15H17ClN2O2. The minimum atomic E-state index is 0.101. The van der Waals surface area contributed by atoms with Crippen LogP contribution in [0.4, 0.5) is 0 Å². The summed E-state index contributed by atoms with van der Waals surface area (Å²) in [5, 5.41) is 10.2. The Bertz CT molecular complexity index is 630.